The van der Waals surface area contributed by atoms with Crippen molar-refractivity contribution in [3.05, 3.63) is 94.6 Å². The van der Waals surface area contributed by atoms with Gasteiger partial charge in [-0.15, -0.1) is 0 Å². The number of alkyl halides is 6. The molecule has 2 aromatic carbocycles. The van der Waals surface area contributed by atoms with Crippen LogP contribution in [0.1, 0.15) is 18.2 Å². The summed E-state index contributed by atoms with van der Waals surface area (Å²) in [5.41, 5.74) is 1.36. The van der Waals surface area contributed by atoms with Crippen LogP contribution in [-0.4, -0.2) is 21.1 Å². The van der Waals surface area contributed by atoms with E-state index in [0.29, 0.717) is 51.4 Å². The van der Waals surface area contributed by atoms with Crippen molar-refractivity contribution in [2.75, 3.05) is 11.9 Å². The van der Waals surface area contributed by atoms with Gasteiger partial charge in [-0.2, -0.15) is 26.3 Å². The topological polar surface area (TPSA) is 55.1 Å². The third-order valence-corrected chi connectivity index (χ3v) is 6.19. The van der Waals surface area contributed by atoms with Crippen LogP contribution in [0.25, 0.3) is 28.1 Å². The van der Waals surface area contributed by atoms with E-state index in [1.807, 2.05) is 6.92 Å². The molecular formula is C27H18ClF6N5. The summed E-state index contributed by atoms with van der Waals surface area (Å²) >= 11 is 6.05. The standard InChI is InChI=1S/C27H18ClF6N5/c1-2-35-20-13-24-22(12-21(20)37-15-7-10-25(36-14-15)27(32,33)34)38-19-5-3-4-6-23(19)39(24)16-8-9-17(18(28)11-16)26(29,30)31/h3-14,37H,2H2,1H3. The molecule has 39 heavy (non-hydrogen) atoms. The number of nitrogens with one attached hydrogen (secondary N) is 1. The monoisotopic (exact) mass is 561 g/mol. The third-order valence-electron chi connectivity index (χ3n) is 5.87. The number of nitrogens with zero attached hydrogens (tertiary/aromatic N) is 4. The number of rotatable bonds is 4. The summed E-state index contributed by atoms with van der Waals surface area (Å²) < 4.78 is 80.6. The normalized spacial score (nSPS) is 12.9. The lowest BCUT2D eigenvalue weighted by atomic mass is 10.1. The molecule has 0 saturated carbocycles. The number of aromatic nitrogens is 3. The number of fused-ring (bicyclic) bond motifs is 2. The largest absolute Gasteiger partial charge is 0.433 e. The van der Waals surface area contributed by atoms with Crippen molar-refractivity contribution < 1.29 is 26.3 Å². The van der Waals surface area contributed by atoms with Gasteiger partial charge in [0.25, 0.3) is 0 Å². The summed E-state index contributed by atoms with van der Waals surface area (Å²) in [7, 11) is 0. The van der Waals surface area contributed by atoms with Gasteiger partial charge in [-0.05, 0) is 61.5 Å². The SMILES string of the molecule is CCN=c1cc2n(-c3ccc(C(F)(F)F)c(Cl)c3)c3ccccc3nc-2cc1Nc1ccc(C(F)(F)F)nc1. The molecule has 0 spiro atoms. The fourth-order valence-electron chi connectivity index (χ4n) is 4.19. The Hall–Kier alpha value is -4.12. The molecule has 5 nitrogen and oxygen atoms in total. The second kappa shape index (κ2) is 9.88. The van der Waals surface area contributed by atoms with E-state index in [0.717, 1.165) is 18.3 Å². The molecule has 0 amide bonds. The highest BCUT2D eigenvalue weighted by Gasteiger charge is 2.33. The number of benzene rings is 3. The Bertz CT molecular complexity index is 1710. The lowest BCUT2D eigenvalue weighted by Crippen LogP contribution is -2.16. The summed E-state index contributed by atoms with van der Waals surface area (Å²) in [5, 5.41) is 3.07. The van der Waals surface area contributed by atoms with Crippen molar-refractivity contribution in [1.82, 2.24) is 14.5 Å². The van der Waals surface area contributed by atoms with E-state index in [1.54, 1.807) is 41.0 Å². The smallest absolute Gasteiger partial charge is 0.352 e. The fourth-order valence-corrected chi connectivity index (χ4v) is 4.47. The van der Waals surface area contributed by atoms with E-state index < -0.39 is 28.6 Å². The Kier molecular flexibility index (Phi) is 6.71. The lowest BCUT2D eigenvalue weighted by molar-refractivity contribution is -0.141. The molecule has 0 unspecified atom stereocenters. The number of pyridine rings is 1. The van der Waals surface area contributed by atoms with Crippen LogP contribution in [0.4, 0.5) is 37.7 Å². The van der Waals surface area contributed by atoms with E-state index in [4.69, 9.17) is 16.6 Å². The van der Waals surface area contributed by atoms with Crippen LogP contribution in [0.2, 0.25) is 5.02 Å². The zero-order valence-corrected chi connectivity index (χ0v) is 20.8. The van der Waals surface area contributed by atoms with Gasteiger partial charge in [-0.1, -0.05) is 23.7 Å². The minimum absolute atomic E-state index is 0.304. The van der Waals surface area contributed by atoms with Crippen molar-refractivity contribution in [2.45, 2.75) is 19.3 Å². The highest BCUT2D eigenvalue weighted by atomic mass is 35.5. The summed E-state index contributed by atoms with van der Waals surface area (Å²) in [6.07, 6.45) is -8.10. The van der Waals surface area contributed by atoms with Gasteiger partial charge in [0.2, 0.25) is 0 Å². The first-order valence-electron chi connectivity index (χ1n) is 11.6. The molecule has 3 aromatic rings. The maximum absolute atomic E-state index is 13.3. The van der Waals surface area contributed by atoms with Crippen LogP contribution >= 0.6 is 11.6 Å². The molecule has 1 aromatic heterocycles. The first-order valence-corrected chi connectivity index (χ1v) is 12.0. The predicted octanol–water partition coefficient (Wildman–Crippen LogP) is 7.88. The van der Waals surface area contributed by atoms with Crippen LogP contribution < -0.4 is 10.7 Å². The highest BCUT2D eigenvalue weighted by Crippen LogP contribution is 2.37. The number of halogens is 7. The van der Waals surface area contributed by atoms with Gasteiger partial charge in [0, 0.05) is 12.2 Å². The summed E-state index contributed by atoms with van der Waals surface area (Å²) in [6.45, 7) is 2.20. The van der Waals surface area contributed by atoms with Gasteiger partial charge in [0.05, 0.1) is 55.9 Å². The lowest BCUT2D eigenvalue weighted by Gasteiger charge is -2.21. The van der Waals surface area contributed by atoms with E-state index in [1.165, 1.54) is 18.2 Å². The van der Waals surface area contributed by atoms with Gasteiger partial charge >= 0.3 is 12.4 Å². The molecule has 2 heterocycles. The van der Waals surface area contributed by atoms with E-state index >= 15 is 0 Å². The van der Waals surface area contributed by atoms with Gasteiger partial charge in [0.1, 0.15) is 5.69 Å². The average molecular weight is 562 g/mol. The van der Waals surface area contributed by atoms with Crippen LogP contribution in [0.3, 0.4) is 0 Å². The van der Waals surface area contributed by atoms with Crippen molar-refractivity contribution in [3.63, 3.8) is 0 Å². The predicted molar refractivity (Wildman–Crippen MR) is 136 cm³/mol. The summed E-state index contributed by atoms with van der Waals surface area (Å²) in [6, 6.07) is 16.1. The van der Waals surface area contributed by atoms with E-state index in [9.17, 15) is 26.3 Å². The first-order chi connectivity index (χ1) is 18.5. The van der Waals surface area contributed by atoms with Crippen LogP contribution in [0, 0.1) is 0 Å². The Morgan fingerprint density at radius 3 is 2.33 bits per heavy atom. The molecule has 0 bridgehead atoms. The van der Waals surface area contributed by atoms with E-state index in [-0.39, 0.29) is 0 Å². The first kappa shape index (κ1) is 26.5. The zero-order chi connectivity index (χ0) is 27.9. The fraction of sp³-hybridized carbons (Fsp3) is 0.148. The summed E-state index contributed by atoms with van der Waals surface area (Å²) in [5.74, 6) is 0. The minimum Gasteiger partial charge on any atom is -0.352 e. The van der Waals surface area contributed by atoms with Crippen molar-refractivity contribution in [1.29, 1.82) is 0 Å². The molecule has 0 fully saturated rings. The Labute approximate surface area is 222 Å². The van der Waals surface area contributed by atoms with Crippen molar-refractivity contribution in [2.24, 2.45) is 4.99 Å². The average Bonchev–Trinajstić information content (AvgIpc) is 2.87. The minimum atomic E-state index is -4.61. The number of anilines is 2. The van der Waals surface area contributed by atoms with Gasteiger partial charge in [-0.3, -0.25) is 4.99 Å². The zero-order valence-electron chi connectivity index (χ0n) is 20.1. The molecule has 5 rings (SSSR count). The molecule has 1 N–H and O–H groups in total. The molecule has 12 heteroatoms. The maximum atomic E-state index is 13.3. The molecule has 2 aliphatic rings. The van der Waals surface area contributed by atoms with Crippen LogP contribution in [0.15, 0.2) is 77.9 Å². The van der Waals surface area contributed by atoms with Gasteiger partial charge in [0.15, 0.2) is 0 Å². The molecule has 1 aliphatic heterocycles. The number of hydrogen-bond donors (Lipinski definition) is 1. The molecule has 1 aliphatic carbocycles. The Balaban J connectivity index is 1.71. The number of para-hydroxylation sites is 2. The molecular weight excluding hydrogens is 544 g/mol. The van der Waals surface area contributed by atoms with Gasteiger partial charge < -0.3 is 9.88 Å². The van der Waals surface area contributed by atoms with Gasteiger partial charge in [-0.25, -0.2) is 9.97 Å². The van der Waals surface area contributed by atoms with Crippen LogP contribution in [0.5, 0.6) is 0 Å². The molecule has 0 atom stereocenters. The quantitative estimate of drug-likeness (QED) is 0.179. The maximum Gasteiger partial charge on any atom is 0.433 e. The Morgan fingerprint density at radius 2 is 1.69 bits per heavy atom. The molecule has 0 radical (unpaired) electrons. The third kappa shape index (κ3) is 5.26. The van der Waals surface area contributed by atoms with Crippen molar-refractivity contribution in [3.8, 4) is 17.1 Å². The van der Waals surface area contributed by atoms with Crippen LogP contribution in [-0.2, 0) is 12.4 Å². The number of hydrogen-bond acceptors (Lipinski definition) is 4. The van der Waals surface area contributed by atoms with Crippen molar-refractivity contribution >= 4 is 34.0 Å². The Morgan fingerprint density at radius 1 is 0.923 bits per heavy atom. The summed E-state index contributed by atoms with van der Waals surface area (Å²) in [4.78, 5) is 12.7. The second-order valence-electron chi connectivity index (χ2n) is 8.49. The highest BCUT2D eigenvalue weighted by molar-refractivity contribution is 6.31. The second-order valence-corrected chi connectivity index (χ2v) is 8.89. The molecule has 200 valence electrons. The van der Waals surface area contributed by atoms with E-state index in [2.05, 4.69) is 15.3 Å². The molecule has 0 saturated heterocycles.